The minimum atomic E-state index is -0.363. The van der Waals surface area contributed by atoms with Crippen molar-refractivity contribution in [2.75, 3.05) is 23.3 Å². The van der Waals surface area contributed by atoms with Crippen LogP contribution >= 0.6 is 0 Å². The van der Waals surface area contributed by atoms with Crippen molar-refractivity contribution >= 4 is 17.3 Å². The van der Waals surface area contributed by atoms with Crippen molar-refractivity contribution in [3.05, 3.63) is 60.2 Å². The van der Waals surface area contributed by atoms with E-state index in [9.17, 15) is 4.79 Å². The van der Waals surface area contributed by atoms with Crippen LogP contribution in [-0.2, 0) is 4.79 Å². The van der Waals surface area contributed by atoms with Crippen molar-refractivity contribution in [3.63, 3.8) is 0 Å². The Morgan fingerprint density at radius 2 is 1.62 bits per heavy atom. The van der Waals surface area contributed by atoms with Gasteiger partial charge in [-0.3, -0.25) is 4.79 Å². The fourth-order valence-corrected chi connectivity index (χ4v) is 3.55. The summed E-state index contributed by atoms with van der Waals surface area (Å²) < 4.78 is 0. The molecule has 1 atom stereocenters. The summed E-state index contributed by atoms with van der Waals surface area (Å²) >= 11 is 0. The van der Waals surface area contributed by atoms with Crippen LogP contribution in [0.25, 0.3) is 0 Å². The maximum absolute atomic E-state index is 12.7. The molecule has 1 aliphatic carbocycles. The van der Waals surface area contributed by atoms with Crippen molar-refractivity contribution in [3.8, 4) is 0 Å². The maximum atomic E-state index is 12.7. The van der Waals surface area contributed by atoms with Crippen LogP contribution in [0.1, 0.15) is 43.7 Å². The molecule has 1 unspecified atom stereocenters. The van der Waals surface area contributed by atoms with E-state index < -0.39 is 0 Å². The summed E-state index contributed by atoms with van der Waals surface area (Å²) in [6.45, 7) is 2.28. The number of hydrogen-bond acceptors (Lipinski definition) is 3. The van der Waals surface area contributed by atoms with Crippen LogP contribution < -0.4 is 15.5 Å². The van der Waals surface area contributed by atoms with Gasteiger partial charge in [0, 0.05) is 30.5 Å². The smallest absolute Gasteiger partial charge is 0.247 e. The summed E-state index contributed by atoms with van der Waals surface area (Å²) in [5.74, 6) is 0.0545. The highest BCUT2D eigenvalue weighted by Crippen LogP contribution is 2.26. The summed E-state index contributed by atoms with van der Waals surface area (Å²) in [4.78, 5) is 15.2. The number of anilines is 2. The van der Waals surface area contributed by atoms with E-state index in [4.69, 9.17) is 0 Å². The zero-order chi connectivity index (χ0) is 17.8. The number of piperidine rings is 1. The molecule has 1 heterocycles. The molecule has 4 rings (SSSR count). The summed E-state index contributed by atoms with van der Waals surface area (Å²) in [6.07, 6.45) is 6.08. The summed E-state index contributed by atoms with van der Waals surface area (Å²) in [5.41, 5.74) is 3.24. The molecule has 136 valence electrons. The lowest BCUT2D eigenvalue weighted by molar-refractivity contribution is -0.122. The third-order valence-electron chi connectivity index (χ3n) is 5.22. The lowest BCUT2D eigenvalue weighted by Crippen LogP contribution is -2.34. The Morgan fingerprint density at radius 1 is 0.923 bits per heavy atom. The molecule has 2 aliphatic rings. The van der Waals surface area contributed by atoms with E-state index in [2.05, 4.69) is 39.8 Å². The quantitative estimate of drug-likeness (QED) is 0.825. The fraction of sp³-hybridized carbons (Fsp3) is 0.409. The van der Waals surface area contributed by atoms with Crippen LogP contribution in [0.2, 0.25) is 0 Å². The maximum Gasteiger partial charge on any atom is 0.247 e. The first-order valence-corrected chi connectivity index (χ1v) is 9.76. The molecule has 0 bridgehead atoms. The standard InChI is InChI=1S/C22H27N3O/c26-22(24-19-9-10-19)21(17-7-3-1-4-8-17)23-18-11-13-20(14-12-18)25-15-5-2-6-16-25/h1,3-4,7-8,11-14,19,21,23H,2,5-6,9-10,15-16H2,(H,24,26). The second-order valence-corrected chi connectivity index (χ2v) is 7.37. The second-order valence-electron chi connectivity index (χ2n) is 7.37. The SMILES string of the molecule is O=C(NC1CC1)C(Nc1ccc(N2CCCCC2)cc1)c1ccccc1. The van der Waals surface area contributed by atoms with E-state index in [0.717, 1.165) is 37.2 Å². The molecule has 1 saturated heterocycles. The minimum absolute atomic E-state index is 0.0545. The van der Waals surface area contributed by atoms with Crippen LogP contribution in [-0.4, -0.2) is 25.0 Å². The van der Waals surface area contributed by atoms with Crippen molar-refractivity contribution < 1.29 is 4.79 Å². The normalized spacial score (nSPS) is 18.2. The van der Waals surface area contributed by atoms with Gasteiger partial charge in [-0.15, -0.1) is 0 Å². The Bertz CT molecular complexity index is 719. The molecule has 4 heteroatoms. The first kappa shape index (κ1) is 17.0. The summed E-state index contributed by atoms with van der Waals surface area (Å²) in [5, 5.41) is 6.55. The van der Waals surface area contributed by atoms with Gasteiger partial charge < -0.3 is 15.5 Å². The van der Waals surface area contributed by atoms with Gasteiger partial charge in [0.2, 0.25) is 5.91 Å². The highest BCUT2D eigenvalue weighted by atomic mass is 16.2. The minimum Gasteiger partial charge on any atom is -0.372 e. The van der Waals surface area contributed by atoms with Crippen molar-refractivity contribution in [1.29, 1.82) is 0 Å². The Kier molecular flexibility index (Phi) is 5.09. The van der Waals surface area contributed by atoms with Gasteiger partial charge in [-0.1, -0.05) is 30.3 Å². The average Bonchev–Trinajstić information content (AvgIpc) is 3.52. The van der Waals surface area contributed by atoms with E-state index in [1.807, 2.05) is 30.3 Å². The van der Waals surface area contributed by atoms with E-state index in [1.165, 1.54) is 24.9 Å². The number of nitrogens with one attached hydrogen (secondary N) is 2. The number of benzene rings is 2. The van der Waals surface area contributed by atoms with Gasteiger partial charge in [0.25, 0.3) is 0 Å². The number of carbonyl (C=O) groups is 1. The Morgan fingerprint density at radius 3 is 2.27 bits per heavy atom. The Hall–Kier alpha value is -2.49. The molecule has 1 amide bonds. The van der Waals surface area contributed by atoms with Crippen molar-refractivity contribution in [1.82, 2.24) is 5.32 Å². The second kappa shape index (κ2) is 7.81. The first-order chi connectivity index (χ1) is 12.8. The topological polar surface area (TPSA) is 44.4 Å². The van der Waals surface area contributed by atoms with Gasteiger partial charge in [0.1, 0.15) is 6.04 Å². The van der Waals surface area contributed by atoms with Crippen LogP contribution in [0.15, 0.2) is 54.6 Å². The van der Waals surface area contributed by atoms with Crippen LogP contribution in [0.5, 0.6) is 0 Å². The molecule has 0 spiro atoms. The number of amides is 1. The fourth-order valence-electron chi connectivity index (χ4n) is 3.55. The van der Waals surface area contributed by atoms with Crippen molar-refractivity contribution in [2.24, 2.45) is 0 Å². The van der Waals surface area contributed by atoms with Gasteiger partial charge in [-0.25, -0.2) is 0 Å². The Labute approximate surface area is 155 Å². The Balaban J connectivity index is 1.48. The zero-order valence-corrected chi connectivity index (χ0v) is 15.2. The molecule has 2 aromatic carbocycles. The first-order valence-electron chi connectivity index (χ1n) is 9.76. The lowest BCUT2D eigenvalue weighted by Gasteiger charge is -2.29. The predicted molar refractivity (Wildman–Crippen MR) is 106 cm³/mol. The van der Waals surface area contributed by atoms with E-state index in [-0.39, 0.29) is 11.9 Å². The van der Waals surface area contributed by atoms with E-state index >= 15 is 0 Å². The third kappa shape index (κ3) is 4.18. The predicted octanol–water partition coefficient (Wildman–Crippen LogP) is 4.11. The number of nitrogens with zero attached hydrogens (tertiary/aromatic N) is 1. The summed E-state index contributed by atoms with van der Waals surface area (Å²) in [6, 6.07) is 18.4. The molecule has 0 aromatic heterocycles. The molecule has 2 fully saturated rings. The molecule has 0 radical (unpaired) electrons. The third-order valence-corrected chi connectivity index (χ3v) is 5.22. The van der Waals surface area contributed by atoms with E-state index in [0.29, 0.717) is 6.04 Å². The summed E-state index contributed by atoms with van der Waals surface area (Å²) in [7, 11) is 0. The number of rotatable bonds is 6. The highest BCUT2D eigenvalue weighted by molar-refractivity contribution is 5.86. The molecule has 1 aliphatic heterocycles. The van der Waals surface area contributed by atoms with Crippen LogP contribution in [0.3, 0.4) is 0 Å². The van der Waals surface area contributed by atoms with Crippen LogP contribution in [0.4, 0.5) is 11.4 Å². The molecule has 4 nitrogen and oxygen atoms in total. The largest absolute Gasteiger partial charge is 0.372 e. The number of hydrogen-bond donors (Lipinski definition) is 2. The van der Waals surface area contributed by atoms with Gasteiger partial charge in [0.05, 0.1) is 0 Å². The molecule has 26 heavy (non-hydrogen) atoms. The van der Waals surface area contributed by atoms with Gasteiger partial charge in [-0.2, -0.15) is 0 Å². The van der Waals surface area contributed by atoms with Crippen molar-refractivity contribution in [2.45, 2.75) is 44.2 Å². The molecule has 2 N–H and O–H groups in total. The molecule has 2 aromatic rings. The van der Waals surface area contributed by atoms with Gasteiger partial charge in [-0.05, 0) is 61.9 Å². The molecular formula is C22H27N3O. The van der Waals surface area contributed by atoms with Crippen LogP contribution in [0, 0.1) is 0 Å². The van der Waals surface area contributed by atoms with Gasteiger partial charge in [0.15, 0.2) is 0 Å². The van der Waals surface area contributed by atoms with Gasteiger partial charge >= 0.3 is 0 Å². The number of carbonyl (C=O) groups excluding carboxylic acids is 1. The molecular weight excluding hydrogens is 322 g/mol. The lowest BCUT2D eigenvalue weighted by atomic mass is 10.1. The van der Waals surface area contributed by atoms with E-state index in [1.54, 1.807) is 0 Å². The monoisotopic (exact) mass is 349 g/mol. The highest BCUT2D eigenvalue weighted by Gasteiger charge is 2.28. The average molecular weight is 349 g/mol. The zero-order valence-electron chi connectivity index (χ0n) is 15.2. The molecule has 1 saturated carbocycles.